The Labute approximate surface area is 99.9 Å². The van der Waals surface area contributed by atoms with E-state index in [4.69, 9.17) is 14.6 Å². The van der Waals surface area contributed by atoms with E-state index in [9.17, 15) is 4.79 Å². The molecule has 0 spiro atoms. The number of hydrogen-bond donors (Lipinski definition) is 1. The highest BCUT2D eigenvalue weighted by atomic mass is 16.5. The van der Waals surface area contributed by atoms with Crippen LogP contribution in [0.15, 0.2) is 18.7 Å². The van der Waals surface area contributed by atoms with E-state index in [1.54, 1.807) is 18.2 Å². The molecule has 0 aliphatic heterocycles. The van der Waals surface area contributed by atoms with Crippen molar-refractivity contribution >= 4 is 17.9 Å². The lowest BCUT2D eigenvalue weighted by Crippen LogP contribution is -2.25. The topological polar surface area (TPSA) is 59.0 Å². The van der Waals surface area contributed by atoms with Crippen LogP contribution in [0.3, 0.4) is 0 Å². The van der Waals surface area contributed by atoms with E-state index in [-0.39, 0.29) is 0 Å². The first-order valence-electron chi connectivity index (χ1n) is 4.90. The molecule has 0 aliphatic carbocycles. The van der Waals surface area contributed by atoms with E-state index < -0.39 is 6.09 Å². The summed E-state index contributed by atoms with van der Waals surface area (Å²) in [5.74, 6) is 0.844. The Morgan fingerprint density at radius 1 is 1.41 bits per heavy atom. The molecule has 1 aromatic rings. The average Bonchev–Trinajstić information content (AvgIpc) is 2.35. The van der Waals surface area contributed by atoms with Crippen LogP contribution in [-0.4, -0.2) is 32.5 Å². The van der Waals surface area contributed by atoms with E-state index in [1.165, 1.54) is 21.3 Å². The second-order valence-electron chi connectivity index (χ2n) is 3.28. The summed E-state index contributed by atoms with van der Waals surface area (Å²) in [6, 6.07) is 3.43. The van der Waals surface area contributed by atoms with Gasteiger partial charge in [-0.3, -0.25) is 4.90 Å². The third-order valence-corrected chi connectivity index (χ3v) is 2.39. The van der Waals surface area contributed by atoms with E-state index in [0.717, 1.165) is 4.90 Å². The molecular formula is C12H15NO4. The largest absolute Gasteiger partial charge is 0.493 e. The molecule has 0 bridgehead atoms. The summed E-state index contributed by atoms with van der Waals surface area (Å²) in [5, 5.41) is 9.03. The fraction of sp³-hybridized carbons (Fsp3) is 0.250. The Balaban J connectivity index is 3.50. The maximum Gasteiger partial charge on any atom is 0.411 e. The molecule has 0 fully saturated rings. The molecule has 1 aromatic carbocycles. The Hall–Kier alpha value is -2.17. The van der Waals surface area contributed by atoms with Gasteiger partial charge >= 0.3 is 6.09 Å². The second-order valence-corrected chi connectivity index (χ2v) is 3.28. The van der Waals surface area contributed by atoms with E-state index in [2.05, 4.69) is 6.58 Å². The van der Waals surface area contributed by atoms with Crippen molar-refractivity contribution in [3.8, 4) is 11.5 Å². The molecular weight excluding hydrogens is 222 g/mol. The van der Waals surface area contributed by atoms with Crippen LogP contribution in [0, 0.1) is 0 Å². The monoisotopic (exact) mass is 237 g/mol. The van der Waals surface area contributed by atoms with Gasteiger partial charge in [0.05, 0.1) is 19.9 Å². The fourth-order valence-corrected chi connectivity index (χ4v) is 1.53. The Bertz CT molecular complexity index is 442. The van der Waals surface area contributed by atoms with Crippen LogP contribution in [0.1, 0.15) is 5.56 Å². The van der Waals surface area contributed by atoms with Crippen LogP contribution >= 0.6 is 0 Å². The van der Waals surface area contributed by atoms with Crippen LogP contribution in [0.4, 0.5) is 10.5 Å². The zero-order chi connectivity index (χ0) is 13.0. The van der Waals surface area contributed by atoms with Gasteiger partial charge in [0, 0.05) is 12.6 Å². The first kappa shape index (κ1) is 12.9. The smallest absolute Gasteiger partial charge is 0.411 e. The summed E-state index contributed by atoms with van der Waals surface area (Å²) in [6.07, 6.45) is 0.483. The standard InChI is InChI=1S/C12H15NO4/c1-5-8-6-7-9(16-3)11(17-4)10(8)13(2)12(14)15/h5-7H,1H2,2-4H3,(H,14,15). The average molecular weight is 237 g/mol. The van der Waals surface area contributed by atoms with Crippen molar-refractivity contribution in [1.29, 1.82) is 0 Å². The van der Waals surface area contributed by atoms with Gasteiger partial charge < -0.3 is 14.6 Å². The van der Waals surface area contributed by atoms with E-state index in [0.29, 0.717) is 22.7 Å². The maximum atomic E-state index is 11.0. The molecule has 17 heavy (non-hydrogen) atoms. The number of carbonyl (C=O) groups is 1. The zero-order valence-electron chi connectivity index (χ0n) is 10.1. The third-order valence-electron chi connectivity index (χ3n) is 2.39. The highest BCUT2D eigenvalue weighted by Gasteiger charge is 2.20. The summed E-state index contributed by atoms with van der Waals surface area (Å²) in [4.78, 5) is 12.1. The number of rotatable bonds is 4. The van der Waals surface area contributed by atoms with Gasteiger partial charge in [-0.25, -0.2) is 4.79 Å². The van der Waals surface area contributed by atoms with Crippen molar-refractivity contribution in [2.75, 3.05) is 26.2 Å². The van der Waals surface area contributed by atoms with Crippen molar-refractivity contribution in [1.82, 2.24) is 0 Å². The second kappa shape index (κ2) is 5.25. The van der Waals surface area contributed by atoms with Crippen molar-refractivity contribution in [3.63, 3.8) is 0 Å². The minimum Gasteiger partial charge on any atom is -0.493 e. The molecule has 1 rings (SSSR count). The molecule has 0 saturated heterocycles. The molecule has 0 saturated carbocycles. The lowest BCUT2D eigenvalue weighted by atomic mass is 10.1. The van der Waals surface area contributed by atoms with Crippen LogP contribution in [0.5, 0.6) is 11.5 Å². The molecule has 1 amide bonds. The quantitative estimate of drug-likeness (QED) is 0.873. The summed E-state index contributed by atoms with van der Waals surface area (Å²) < 4.78 is 10.3. The van der Waals surface area contributed by atoms with Gasteiger partial charge in [0.2, 0.25) is 0 Å². The van der Waals surface area contributed by atoms with Gasteiger partial charge in [-0.15, -0.1) is 0 Å². The fourth-order valence-electron chi connectivity index (χ4n) is 1.53. The van der Waals surface area contributed by atoms with Gasteiger partial charge in [0.25, 0.3) is 0 Å². The number of carboxylic acid groups (broad SMARTS) is 1. The first-order valence-corrected chi connectivity index (χ1v) is 4.90. The maximum absolute atomic E-state index is 11.0. The van der Waals surface area contributed by atoms with Crippen molar-refractivity contribution < 1.29 is 19.4 Å². The molecule has 1 N–H and O–H groups in total. The zero-order valence-corrected chi connectivity index (χ0v) is 10.1. The summed E-state index contributed by atoms with van der Waals surface area (Å²) >= 11 is 0. The van der Waals surface area contributed by atoms with Crippen LogP contribution in [-0.2, 0) is 0 Å². The van der Waals surface area contributed by atoms with Crippen molar-refractivity contribution in [2.45, 2.75) is 0 Å². The SMILES string of the molecule is C=Cc1ccc(OC)c(OC)c1N(C)C(=O)O. The van der Waals surface area contributed by atoms with E-state index >= 15 is 0 Å². The molecule has 0 aromatic heterocycles. The summed E-state index contributed by atoms with van der Waals surface area (Å²) in [6.45, 7) is 3.65. The number of amides is 1. The third kappa shape index (κ3) is 2.33. The molecule has 5 nitrogen and oxygen atoms in total. The Morgan fingerprint density at radius 3 is 2.47 bits per heavy atom. The molecule has 0 unspecified atom stereocenters. The number of hydrogen-bond acceptors (Lipinski definition) is 3. The number of benzene rings is 1. The molecule has 0 radical (unpaired) electrons. The predicted octanol–water partition coefficient (Wildman–Crippen LogP) is 2.46. The highest BCUT2D eigenvalue weighted by molar-refractivity contribution is 5.92. The molecule has 0 atom stereocenters. The van der Waals surface area contributed by atoms with Crippen LogP contribution in [0.2, 0.25) is 0 Å². The molecule has 5 heteroatoms. The molecule has 92 valence electrons. The van der Waals surface area contributed by atoms with Gasteiger partial charge in [-0.1, -0.05) is 12.7 Å². The summed E-state index contributed by atoms with van der Waals surface area (Å²) in [5.41, 5.74) is 1.07. The Kier molecular flexibility index (Phi) is 3.98. The van der Waals surface area contributed by atoms with Gasteiger partial charge in [0.15, 0.2) is 11.5 Å². The normalized spacial score (nSPS) is 9.59. The number of methoxy groups -OCH3 is 2. The van der Waals surface area contributed by atoms with Crippen molar-refractivity contribution in [2.24, 2.45) is 0 Å². The number of nitrogens with zero attached hydrogens (tertiary/aromatic N) is 1. The number of ether oxygens (including phenoxy) is 2. The molecule has 0 aliphatic rings. The van der Waals surface area contributed by atoms with Crippen molar-refractivity contribution in [3.05, 3.63) is 24.3 Å². The Morgan fingerprint density at radius 2 is 2.06 bits per heavy atom. The minimum atomic E-state index is -1.08. The highest BCUT2D eigenvalue weighted by Crippen LogP contribution is 2.40. The van der Waals surface area contributed by atoms with Gasteiger partial charge in [-0.05, 0) is 12.1 Å². The lowest BCUT2D eigenvalue weighted by molar-refractivity contribution is 0.203. The number of anilines is 1. The lowest BCUT2D eigenvalue weighted by Gasteiger charge is -2.21. The predicted molar refractivity (Wildman–Crippen MR) is 66.1 cm³/mol. The van der Waals surface area contributed by atoms with Crippen LogP contribution in [0.25, 0.3) is 6.08 Å². The van der Waals surface area contributed by atoms with Gasteiger partial charge in [0.1, 0.15) is 0 Å². The summed E-state index contributed by atoms with van der Waals surface area (Å²) in [7, 11) is 4.40. The first-order chi connectivity index (χ1) is 8.06. The minimum absolute atomic E-state index is 0.370. The van der Waals surface area contributed by atoms with E-state index in [1.807, 2.05) is 0 Å². The molecule has 0 heterocycles. The van der Waals surface area contributed by atoms with Gasteiger partial charge in [-0.2, -0.15) is 0 Å². The van der Waals surface area contributed by atoms with Crippen LogP contribution < -0.4 is 14.4 Å².